The van der Waals surface area contributed by atoms with E-state index in [9.17, 15) is 9.59 Å². The number of amides is 2. The molecule has 1 saturated heterocycles. The van der Waals surface area contributed by atoms with E-state index in [1.807, 2.05) is 36.1 Å². The lowest BCUT2D eigenvalue weighted by molar-refractivity contribution is -0.136. The minimum Gasteiger partial charge on any atom is -0.491 e. The molecule has 2 aliphatic heterocycles. The summed E-state index contributed by atoms with van der Waals surface area (Å²) in [4.78, 5) is 26.3. The second-order valence-electron chi connectivity index (χ2n) is 5.56. The molecule has 5 heteroatoms. The molecule has 0 bridgehead atoms. The van der Waals surface area contributed by atoms with Crippen LogP contribution in [0.4, 0.5) is 0 Å². The maximum atomic E-state index is 12.7. The van der Waals surface area contributed by atoms with Gasteiger partial charge in [-0.2, -0.15) is 0 Å². The van der Waals surface area contributed by atoms with E-state index in [1.165, 1.54) is 0 Å². The molecule has 1 fully saturated rings. The van der Waals surface area contributed by atoms with Gasteiger partial charge in [0.15, 0.2) is 0 Å². The third-order valence-corrected chi connectivity index (χ3v) is 4.12. The third-order valence-electron chi connectivity index (χ3n) is 4.12. The van der Waals surface area contributed by atoms with Crippen molar-refractivity contribution in [3.05, 3.63) is 29.8 Å². The molecular weight excluding hydrogens is 268 g/mol. The number of rotatable bonds is 3. The van der Waals surface area contributed by atoms with Crippen LogP contribution in [0.15, 0.2) is 24.3 Å². The number of benzene rings is 1. The molecular formula is C16H20N2O3. The van der Waals surface area contributed by atoms with Crippen molar-refractivity contribution < 1.29 is 14.3 Å². The van der Waals surface area contributed by atoms with Gasteiger partial charge in [0.1, 0.15) is 18.4 Å². The van der Waals surface area contributed by atoms with Crippen LogP contribution in [0.1, 0.15) is 37.8 Å². The van der Waals surface area contributed by atoms with E-state index in [2.05, 4.69) is 5.32 Å². The van der Waals surface area contributed by atoms with Crippen molar-refractivity contribution in [1.82, 2.24) is 10.2 Å². The van der Waals surface area contributed by atoms with Crippen LogP contribution in [0, 0.1) is 0 Å². The molecule has 0 radical (unpaired) electrons. The van der Waals surface area contributed by atoms with Crippen molar-refractivity contribution in [1.29, 1.82) is 0 Å². The lowest BCUT2D eigenvalue weighted by Gasteiger charge is -2.29. The summed E-state index contributed by atoms with van der Waals surface area (Å²) in [5.41, 5.74) is 1.04. The van der Waals surface area contributed by atoms with Crippen LogP contribution in [0.3, 0.4) is 0 Å². The summed E-state index contributed by atoms with van der Waals surface area (Å²) in [6.07, 6.45) is 1.89. The van der Waals surface area contributed by atoms with E-state index in [-0.39, 0.29) is 17.9 Å². The zero-order valence-corrected chi connectivity index (χ0v) is 12.2. The van der Waals surface area contributed by atoms with Gasteiger partial charge >= 0.3 is 0 Å². The van der Waals surface area contributed by atoms with Gasteiger partial charge in [-0.05, 0) is 12.5 Å². The van der Waals surface area contributed by atoms with Crippen LogP contribution in [-0.2, 0) is 9.59 Å². The lowest BCUT2D eigenvalue weighted by atomic mass is 10.0. The van der Waals surface area contributed by atoms with Crippen molar-refractivity contribution in [3.8, 4) is 5.75 Å². The topological polar surface area (TPSA) is 58.6 Å². The van der Waals surface area contributed by atoms with E-state index in [0.717, 1.165) is 17.7 Å². The Morgan fingerprint density at radius 1 is 1.33 bits per heavy atom. The molecule has 2 aliphatic rings. The fourth-order valence-electron chi connectivity index (χ4n) is 3.06. The Hall–Kier alpha value is -2.04. The Kier molecular flexibility index (Phi) is 3.82. The Balaban J connectivity index is 1.87. The first kappa shape index (κ1) is 13.9. The normalized spacial score (nSPS) is 25.1. The van der Waals surface area contributed by atoms with Gasteiger partial charge in [-0.1, -0.05) is 31.5 Å². The summed E-state index contributed by atoms with van der Waals surface area (Å²) in [6.45, 7) is 2.94. The summed E-state index contributed by atoms with van der Waals surface area (Å²) < 4.78 is 5.68. The second kappa shape index (κ2) is 5.76. The number of ether oxygens (including phenoxy) is 1. The second-order valence-corrected chi connectivity index (χ2v) is 5.56. The molecule has 2 atom stereocenters. The van der Waals surface area contributed by atoms with Crippen LogP contribution in [0.2, 0.25) is 0 Å². The van der Waals surface area contributed by atoms with Crippen molar-refractivity contribution in [3.63, 3.8) is 0 Å². The Morgan fingerprint density at radius 2 is 2.14 bits per heavy atom. The number of hydrogen-bond acceptors (Lipinski definition) is 3. The van der Waals surface area contributed by atoms with E-state index in [4.69, 9.17) is 4.74 Å². The molecule has 21 heavy (non-hydrogen) atoms. The highest BCUT2D eigenvalue weighted by molar-refractivity contribution is 5.90. The van der Waals surface area contributed by atoms with Crippen LogP contribution in [0.5, 0.6) is 5.75 Å². The molecule has 0 aliphatic carbocycles. The molecule has 2 heterocycles. The molecule has 1 aromatic rings. The summed E-state index contributed by atoms with van der Waals surface area (Å²) in [5.74, 6) is 0.801. The summed E-state index contributed by atoms with van der Waals surface area (Å²) >= 11 is 0. The van der Waals surface area contributed by atoms with E-state index < -0.39 is 6.04 Å². The van der Waals surface area contributed by atoms with Gasteiger partial charge in [0.2, 0.25) is 11.8 Å². The minimum absolute atomic E-state index is 0.00741. The van der Waals surface area contributed by atoms with Gasteiger partial charge in [0, 0.05) is 18.5 Å². The van der Waals surface area contributed by atoms with Gasteiger partial charge in [-0.3, -0.25) is 9.59 Å². The maximum Gasteiger partial charge on any atom is 0.245 e. The highest BCUT2D eigenvalue weighted by Gasteiger charge is 2.37. The minimum atomic E-state index is -0.405. The monoisotopic (exact) mass is 288 g/mol. The number of carbonyl (C=O) groups is 2. The molecule has 112 valence electrons. The van der Waals surface area contributed by atoms with Gasteiger partial charge < -0.3 is 15.0 Å². The number of hydrogen-bond donors (Lipinski definition) is 1. The number of carbonyl (C=O) groups excluding carboxylic acids is 2. The zero-order chi connectivity index (χ0) is 14.8. The fraction of sp³-hybridized carbons (Fsp3) is 0.500. The predicted octanol–water partition coefficient (Wildman–Crippen LogP) is 1.64. The van der Waals surface area contributed by atoms with Crippen molar-refractivity contribution in [2.75, 3.05) is 13.2 Å². The Bertz CT molecular complexity index is 558. The standard InChI is InChI=1S/C16H20N2O3/c1-2-5-12-16(20)18(9-8-15(19)17-12)13-10-21-14-7-4-3-6-11(13)14/h3-4,6-7,12-13H,2,5,8-10H2,1H3,(H,17,19). The van der Waals surface area contributed by atoms with Gasteiger partial charge in [0.05, 0.1) is 6.04 Å². The van der Waals surface area contributed by atoms with Gasteiger partial charge in [0.25, 0.3) is 0 Å². The van der Waals surface area contributed by atoms with Gasteiger partial charge in [-0.25, -0.2) is 0 Å². The van der Waals surface area contributed by atoms with E-state index in [1.54, 1.807) is 0 Å². The largest absolute Gasteiger partial charge is 0.491 e. The van der Waals surface area contributed by atoms with E-state index >= 15 is 0 Å². The first-order chi connectivity index (χ1) is 10.2. The first-order valence-corrected chi connectivity index (χ1v) is 7.52. The van der Waals surface area contributed by atoms with Crippen LogP contribution < -0.4 is 10.1 Å². The summed E-state index contributed by atoms with van der Waals surface area (Å²) in [5, 5.41) is 2.84. The van der Waals surface area contributed by atoms with Crippen LogP contribution in [0.25, 0.3) is 0 Å². The molecule has 3 rings (SSSR count). The van der Waals surface area contributed by atoms with E-state index in [0.29, 0.717) is 26.0 Å². The zero-order valence-electron chi connectivity index (χ0n) is 12.2. The van der Waals surface area contributed by atoms with Gasteiger partial charge in [-0.15, -0.1) is 0 Å². The molecule has 1 N–H and O–H groups in total. The number of nitrogens with zero attached hydrogens (tertiary/aromatic N) is 1. The predicted molar refractivity (Wildman–Crippen MR) is 77.8 cm³/mol. The van der Waals surface area contributed by atoms with Crippen molar-refractivity contribution in [2.24, 2.45) is 0 Å². The molecule has 1 aromatic carbocycles. The molecule has 2 amide bonds. The van der Waals surface area contributed by atoms with Crippen LogP contribution >= 0.6 is 0 Å². The summed E-state index contributed by atoms with van der Waals surface area (Å²) in [7, 11) is 0. The SMILES string of the molecule is CCCC1NC(=O)CCN(C2COc3ccccc32)C1=O. The number of nitrogens with one attached hydrogen (secondary N) is 1. The lowest BCUT2D eigenvalue weighted by Crippen LogP contribution is -2.46. The smallest absolute Gasteiger partial charge is 0.245 e. The molecule has 5 nitrogen and oxygen atoms in total. The molecule has 0 saturated carbocycles. The Labute approximate surface area is 124 Å². The third kappa shape index (κ3) is 2.60. The Morgan fingerprint density at radius 3 is 2.95 bits per heavy atom. The first-order valence-electron chi connectivity index (χ1n) is 7.52. The number of fused-ring (bicyclic) bond motifs is 1. The summed E-state index contributed by atoms with van der Waals surface area (Å²) in [6, 6.07) is 7.31. The highest BCUT2D eigenvalue weighted by atomic mass is 16.5. The molecule has 0 aromatic heterocycles. The van der Waals surface area contributed by atoms with Crippen molar-refractivity contribution >= 4 is 11.8 Å². The fourth-order valence-corrected chi connectivity index (χ4v) is 3.06. The average Bonchev–Trinajstić information content (AvgIpc) is 2.85. The van der Waals surface area contributed by atoms with Crippen molar-refractivity contribution in [2.45, 2.75) is 38.3 Å². The maximum absolute atomic E-state index is 12.7. The highest BCUT2D eigenvalue weighted by Crippen LogP contribution is 2.36. The molecule has 0 spiro atoms. The quantitative estimate of drug-likeness (QED) is 0.920. The van der Waals surface area contributed by atoms with Crippen LogP contribution in [-0.4, -0.2) is 35.9 Å². The number of para-hydroxylation sites is 1. The molecule has 2 unspecified atom stereocenters. The average molecular weight is 288 g/mol.